The monoisotopic (exact) mass is 308 g/mol. The molecule has 0 atom stereocenters. The summed E-state index contributed by atoms with van der Waals surface area (Å²) >= 11 is 0. The highest BCUT2D eigenvalue weighted by molar-refractivity contribution is 6.06. The molecule has 2 aliphatic rings. The van der Waals surface area contributed by atoms with E-state index in [2.05, 4.69) is 0 Å². The van der Waals surface area contributed by atoms with Crippen LogP contribution in [0.5, 0.6) is 0 Å². The zero-order valence-corrected chi connectivity index (χ0v) is 12.4. The molecule has 0 amide bonds. The molecular formula is C19H16O4. The molecule has 23 heavy (non-hydrogen) atoms. The number of carbonyl (C=O) groups is 2. The maximum atomic E-state index is 12.4. The third-order valence-electron chi connectivity index (χ3n) is 4.02. The molecule has 0 unspecified atom stereocenters. The molecule has 0 saturated heterocycles. The summed E-state index contributed by atoms with van der Waals surface area (Å²) in [4.78, 5) is 24.7. The molecule has 0 fully saturated rings. The summed E-state index contributed by atoms with van der Waals surface area (Å²) in [5.41, 5.74) is 0.996. The summed E-state index contributed by atoms with van der Waals surface area (Å²) in [6.45, 7) is 0. The van der Waals surface area contributed by atoms with Gasteiger partial charge in [0.25, 0.3) is 0 Å². The van der Waals surface area contributed by atoms with Crippen molar-refractivity contribution < 1.29 is 19.8 Å². The minimum Gasteiger partial charge on any atom is -0.508 e. The van der Waals surface area contributed by atoms with Crippen LogP contribution in [0.4, 0.5) is 0 Å². The van der Waals surface area contributed by atoms with Gasteiger partial charge in [0, 0.05) is 29.9 Å². The van der Waals surface area contributed by atoms with Gasteiger partial charge in [-0.2, -0.15) is 0 Å². The lowest BCUT2D eigenvalue weighted by atomic mass is 9.76. The Kier molecular flexibility index (Phi) is 3.98. The molecule has 0 spiro atoms. The fourth-order valence-corrected chi connectivity index (χ4v) is 2.98. The fourth-order valence-electron chi connectivity index (χ4n) is 2.98. The minimum absolute atomic E-state index is 0.155. The second-order valence-electron chi connectivity index (χ2n) is 5.50. The van der Waals surface area contributed by atoms with Crippen LogP contribution in [0, 0.1) is 0 Å². The van der Waals surface area contributed by atoms with Crippen molar-refractivity contribution in [2.75, 3.05) is 0 Å². The Morgan fingerprint density at radius 2 is 1.26 bits per heavy atom. The van der Waals surface area contributed by atoms with E-state index in [1.54, 1.807) is 36.4 Å². The van der Waals surface area contributed by atoms with Crippen molar-refractivity contribution >= 4 is 11.6 Å². The van der Waals surface area contributed by atoms with E-state index in [4.69, 9.17) is 0 Å². The maximum absolute atomic E-state index is 12.4. The van der Waals surface area contributed by atoms with E-state index in [-0.39, 0.29) is 47.1 Å². The summed E-state index contributed by atoms with van der Waals surface area (Å²) < 4.78 is 0. The van der Waals surface area contributed by atoms with Crippen molar-refractivity contribution in [1.29, 1.82) is 0 Å². The van der Waals surface area contributed by atoms with Gasteiger partial charge >= 0.3 is 0 Å². The first-order chi connectivity index (χ1) is 11.1. The number of carbonyl (C=O) groups excluding carboxylic acids is 2. The average molecular weight is 308 g/mol. The zero-order chi connectivity index (χ0) is 16.4. The van der Waals surface area contributed by atoms with Crippen LogP contribution in [0.1, 0.15) is 24.3 Å². The van der Waals surface area contributed by atoms with E-state index in [0.717, 1.165) is 0 Å². The fraction of sp³-hybridized carbons (Fsp3) is 0.158. The van der Waals surface area contributed by atoms with E-state index >= 15 is 0 Å². The molecule has 2 aliphatic carbocycles. The van der Waals surface area contributed by atoms with E-state index in [1.807, 2.05) is 6.07 Å². The lowest BCUT2D eigenvalue weighted by Crippen LogP contribution is -2.23. The van der Waals surface area contributed by atoms with Gasteiger partial charge < -0.3 is 10.2 Å². The van der Waals surface area contributed by atoms with Gasteiger partial charge in [-0.3, -0.25) is 9.59 Å². The quantitative estimate of drug-likeness (QED) is 0.897. The molecule has 4 nitrogen and oxygen atoms in total. The molecule has 0 radical (unpaired) electrons. The van der Waals surface area contributed by atoms with Crippen LogP contribution in [-0.2, 0) is 9.59 Å². The normalized spacial score (nSPS) is 18.3. The van der Waals surface area contributed by atoms with Gasteiger partial charge in [0.2, 0.25) is 0 Å². The lowest BCUT2D eigenvalue weighted by Gasteiger charge is -2.26. The molecule has 3 rings (SSSR count). The molecule has 0 heterocycles. The number of hydrogen-bond acceptors (Lipinski definition) is 4. The third-order valence-corrected chi connectivity index (χ3v) is 4.02. The smallest absolute Gasteiger partial charge is 0.167 e. The standard InChI is InChI=1S/C19H16O4/c20-13-8-4-9-14(21)18(13)17(12-6-2-1-3-7-12)19-15(22)10-5-11-16(19)23/h1-8,10,17,20,22H,9,11H2. The Labute approximate surface area is 133 Å². The van der Waals surface area contributed by atoms with E-state index in [0.29, 0.717) is 5.56 Å². The highest BCUT2D eigenvalue weighted by atomic mass is 16.3. The van der Waals surface area contributed by atoms with Gasteiger partial charge in [-0.15, -0.1) is 0 Å². The predicted molar refractivity (Wildman–Crippen MR) is 86.0 cm³/mol. The predicted octanol–water partition coefficient (Wildman–Crippen LogP) is 3.45. The summed E-state index contributed by atoms with van der Waals surface area (Å²) in [7, 11) is 0. The molecule has 4 heteroatoms. The van der Waals surface area contributed by atoms with Crippen molar-refractivity contribution in [1.82, 2.24) is 0 Å². The number of Topliss-reactive ketones (excluding diaryl/α,β-unsaturated/α-hetero) is 2. The Bertz CT molecular complexity index is 731. The lowest BCUT2D eigenvalue weighted by molar-refractivity contribution is -0.115. The second-order valence-corrected chi connectivity index (χ2v) is 5.50. The van der Waals surface area contributed by atoms with Crippen LogP contribution in [0.15, 0.2) is 77.3 Å². The van der Waals surface area contributed by atoms with Crippen LogP contribution >= 0.6 is 0 Å². The Morgan fingerprint density at radius 1 is 0.783 bits per heavy atom. The molecule has 1 aromatic carbocycles. The summed E-state index contributed by atoms with van der Waals surface area (Å²) in [5.74, 6) is -1.58. The Balaban J connectivity index is 2.24. The van der Waals surface area contributed by atoms with Gasteiger partial charge in [0.05, 0.1) is 0 Å². The Hall–Kier alpha value is -2.88. The number of aliphatic hydroxyl groups is 2. The van der Waals surface area contributed by atoms with Gasteiger partial charge in [-0.05, 0) is 17.7 Å². The van der Waals surface area contributed by atoms with Crippen molar-refractivity contribution in [3.05, 3.63) is 82.9 Å². The molecule has 2 N–H and O–H groups in total. The number of ketones is 2. The molecule has 116 valence electrons. The Morgan fingerprint density at radius 3 is 1.70 bits per heavy atom. The van der Waals surface area contributed by atoms with Crippen LogP contribution in [-0.4, -0.2) is 21.8 Å². The van der Waals surface area contributed by atoms with Crippen molar-refractivity contribution in [3.63, 3.8) is 0 Å². The van der Waals surface area contributed by atoms with E-state index < -0.39 is 5.92 Å². The largest absolute Gasteiger partial charge is 0.508 e. The molecule has 0 aliphatic heterocycles. The van der Waals surface area contributed by atoms with E-state index in [1.165, 1.54) is 12.2 Å². The van der Waals surface area contributed by atoms with Crippen LogP contribution in [0.3, 0.4) is 0 Å². The van der Waals surface area contributed by atoms with E-state index in [9.17, 15) is 19.8 Å². The summed E-state index contributed by atoms with van der Waals surface area (Å²) in [6, 6.07) is 8.98. The van der Waals surface area contributed by atoms with Crippen LogP contribution < -0.4 is 0 Å². The number of rotatable bonds is 3. The first-order valence-corrected chi connectivity index (χ1v) is 7.40. The second kappa shape index (κ2) is 6.08. The highest BCUT2D eigenvalue weighted by Gasteiger charge is 2.35. The van der Waals surface area contributed by atoms with Crippen molar-refractivity contribution in [3.8, 4) is 0 Å². The number of hydrogen-bond donors (Lipinski definition) is 2. The minimum atomic E-state index is -0.772. The van der Waals surface area contributed by atoms with Crippen LogP contribution in [0.25, 0.3) is 0 Å². The molecule has 0 bridgehead atoms. The molecular weight excluding hydrogens is 292 g/mol. The number of benzene rings is 1. The van der Waals surface area contributed by atoms with Gasteiger partial charge in [-0.1, -0.05) is 42.5 Å². The number of allylic oxidation sites excluding steroid dienone is 6. The average Bonchev–Trinajstić information content (AvgIpc) is 2.53. The molecule has 0 saturated carbocycles. The number of aliphatic hydroxyl groups excluding tert-OH is 2. The van der Waals surface area contributed by atoms with Crippen molar-refractivity contribution in [2.24, 2.45) is 0 Å². The first kappa shape index (κ1) is 15.0. The van der Waals surface area contributed by atoms with Gasteiger partial charge in [-0.25, -0.2) is 0 Å². The summed E-state index contributed by atoms with van der Waals surface area (Å²) in [6.07, 6.45) is 6.43. The molecule has 0 aromatic heterocycles. The topological polar surface area (TPSA) is 74.6 Å². The highest BCUT2D eigenvalue weighted by Crippen LogP contribution is 2.39. The maximum Gasteiger partial charge on any atom is 0.167 e. The SMILES string of the molecule is O=C1CC=CC(O)=C1C(C1=C(O)C=CCC1=O)c1ccccc1. The third kappa shape index (κ3) is 2.75. The summed E-state index contributed by atoms with van der Waals surface area (Å²) in [5, 5.41) is 20.4. The van der Waals surface area contributed by atoms with Crippen molar-refractivity contribution in [2.45, 2.75) is 18.8 Å². The van der Waals surface area contributed by atoms with Gasteiger partial charge in [0.15, 0.2) is 11.6 Å². The molecule has 1 aromatic rings. The first-order valence-electron chi connectivity index (χ1n) is 7.40. The van der Waals surface area contributed by atoms with Gasteiger partial charge in [0.1, 0.15) is 11.5 Å². The van der Waals surface area contributed by atoms with Crippen LogP contribution in [0.2, 0.25) is 0 Å². The zero-order valence-electron chi connectivity index (χ0n) is 12.4.